The minimum absolute atomic E-state index is 0.100. The summed E-state index contributed by atoms with van der Waals surface area (Å²) >= 11 is 0. The van der Waals surface area contributed by atoms with Gasteiger partial charge in [0.2, 0.25) is 5.89 Å². The minimum Gasteiger partial charge on any atom is -0.419 e. The molecule has 2 N–H and O–H groups in total. The van der Waals surface area contributed by atoms with Gasteiger partial charge in [-0.05, 0) is 43.9 Å². The van der Waals surface area contributed by atoms with Gasteiger partial charge in [0.05, 0.1) is 12.5 Å². The number of aromatic nitrogens is 4. The highest BCUT2D eigenvalue weighted by Gasteiger charge is 2.32. The van der Waals surface area contributed by atoms with Crippen molar-refractivity contribution in [3.05, 3.63) is 30.1 Å². The smallest absolute Gasteiger partial charge is 0.314 e. The fraction of sp³-hybridized carbons (Fsp3) is 0.619. The Labute approximate surface area is 172 Å². The predicted octanol–water partition coefficient (Wildman–Crippen LogP) is 3.19. The van der Waals surface area contributed by atoms with Crippen LogP contribution in [0.4, 0.5) is 4.79 Å². The number of allylic oxidation sites excluding steroid dienone is 1. The van der Waals surface area contributed by atoms with Crippen molar-refractivity contribution in [2.24, 2.45) is 30.7 Å². The summed E-state index contributed by atoms with van der Waals surface area (Å²) in [5.41, 5.74) is 2.14. The lowest BCUT2D eigenvalue weighted by Crippen LogP contribution is -2.41. The van der Waals surface area contributed by atoms with E-state index >= 15 is 0 Å². The summed E-state index contributed by atoms with van der Waals surface area (Å²) in [4.78, 5) is 15.9. The second kappa shape index (κ2) is 9.24. The van der Waals surface area contributed by atoms with Crippen LogP contribution in [0, 0.1) is 23.7 Å². The molecular weight excluding hydrogens is 368 g/mol. The number of amides is 2. The summed E-state index contributed by atoms with van der Waals surface area (Å²) in [5.74, 6) is 2.87. The van der Waals surface area contributed by atoms with Gasteiger partial charge in [0.1, 0.15) is 5.69 Å². The van der Waals surface area contributed by atoms with Gasteiger partial charge in [-0.1, -0.05) is 25.5 Å². The molecule has 0 fully saturated rings. The van der Waals surface area contributed by atoms with Crippen LogP contribution in [0.2, 0.25) is 0 Å². The summed E-state index contributed by atoms with van der Waals surface area (Å²) in [6, 6.07) is -0.100. The van der Waals surface area contributed by atoms with Gasteiger partial charge >= 0.3 is 6.03 Å². The molecule has 0 saturated carbocycles. The third-order valence-corrected chi connectivity index (χ3v) is 5.84. The average molecular weight is 401 g/mol. The number of imidazole rings is 1. The van der Waals surface area contributed by atoms with Crippen molar-refractivity contribution in [3.63, 3.8) is 0 Å². The second-order valence-electron chi connectivity index (χ2n) is 8.25. The molecule has 0 aliphatic heterocycles. The maximum Gasteiger partial charge on any atom is 0.314 e. The number of rotatable bonds is 7. The SMILES string of the molecule is CCNC(=O)NCC1C=C(C)C(Cc2nnc(-c3cncn3C)o2)CC1C(C)C. The molecule has 2 aromatic rings. The zero-order valence-electron chi connectivity index (χ0n) is 18.0. The maximum absolute atomic E-state index is 11.8. The Hall–Kier alpha value is -2.64. The lowest BCUT2D eigenvalue weighted by atomic mass is 9.70. The molecule has 1 aliphatic carbocycles. The highest BCUT2D eigenvalue weighted by Crippen LogP contribution is 2.38. The Morgan fingerprint density at radius 2 is 2.14 bits per heavy atom. The molecule has 0 spiro atoms. The number of hydrogen-bond donors (Lipinski definition) is 2. The first-order chi connectivity index (χ1) is 13.9. The lowest BCUT2D eigenvalue weighted by Gasteiger charge is -2.37. The molecule has 8 nitrogen and oxygen atoms in total. The maximum atomic E-state index is 11.8. The van der Waals surface area contributed by atoms with Crippen LogP contribution in [0.15, 0.2) is 28.6 Å². The third-order valence-electron chi connectivity index (χ3n) is 5.84. The summed E-state index contributed by atoms with van der Waals surface area (Å²) < 4.78 is 7.78. The van der Waals surface area contributed by atoms with Gasteiger partial charge < -0.3 is 19.6 Å². The van der Waals surface area contributed by atoms with E-state index in [1.54, 1.807) is 12.5 Å². The van der Waals surface area contributed by atoms with Crippen LogP contribution in [0.25, 0.3) is 11.6 Å². The van der Waals surface area contributed by atoms with Crippen LogP contribution < -0.4 is 10.6 Å². The van der Waals surface area contributed by atoms with E-state index in [1.165, 1.54) is 5.57 Å². The van der Waals surface area contributed by atoms with Crippen molar-refractivity contribution in [2.75, 3.05) is 13.1 Å². The first kappa shape index (κ1) is 21.1. The number of hydrogen-bond acceptors (Lipinski definition) is 5. The molecule has 2 heterocycles. The molecule has 8 heteroatoms. The number of carbonyl (C=O) groups excluding carboxylic acids is 1. The molecule has 158 valence electrons. The molecule has 0 bridgehead atoms. The van der Waals surface area contributed by atoms with Gasteiger partial charge in [-0.25, -0.2) is 9.78 Å². The average Bonchev–Trinajstić information content (AvgIpc) is 3.30. The Bertz CT molecular complexity index is 853. The Balaban J connectivity index is 1.69. The zero-order chi connectivity index (χ0) is 21.0. The quantitative estimate of drug-likeness (QED) is 0.696. The van der Waals surface area contributed by atoms with Crippen molar-refractivity contribution < 1.29 is 9.21 Å². The predicted molar refractivity (Wildman–Crippen MR) is 111 cm³/mol. The van der Waals surface area contributed by atoms with E-state index < -0.39 is 0 Å². The van der Waals surface area contributed by atoms with E-state index in [0.717, 1.165) is 18.5 Å². The number of carbonyl (C=O) groups is 1. The molecule has 0 saturated heterocycles. The number of urea groups is 1. The molecule has 3 atom stereocenters. The van der Waals surface area contributed by atoms with Crippen LogP contribution in [0.3, 0.4) is 0 Å². The van der Waals surface area contributed by atoms with Gasteiger partial charge in [-0.15, -0.1) is 10.2 Å². The monoisotopic (exact) mass is 400 g/mol. The summed E-state index contributed by atoms with van der Waals surface area (Å²) in [7, 11) is 1.91. The molecule has 0 radical (unpaired) electrons. The highest BCUT2D eigenvalue weighted by atomic mass is 16.4. The Morgan fingerprint density at radius 1 is 1.34 bits per heavy atom. The van der Waals surface area contributed by atoms with Crippen molar-refractivity contribution in [3.8, 4) is 11.6 Å². The molecule has 2 aromatic heterocycles. The van der Waals surface area contributed by atoms with Crippen LogP contribution in [0.5, 0.6) is 0 Å². The zero-order valence-corrected chi connectivity index (χ0v) is 18.0. The fourth-order valence-electron chi connectivity index (χ4n) is 4.16. The van der Waals surface area contributed by atoms with Crippen LogP contribution >= 0.6 is 0 Å². The van der Waals surface area contributed by atoms with E-state index in [1.807, 2.05) is 18.5 Å². The largest absolute Gasteiger partial charge is 0.419 e. The molecule has 3 rings (SSSR count). The van der Waals surface area contributed by atoms with Crippen LogP contribution in [-0.4, -0.2) is 38.9 Å². The number of aryl methyl sites for hydroxylation is 1. The molecule has 0 aromatic carbocycles. The second-order valence-corrected chi connectivity index (χ2v) is 8.25. The van der Waals surface area contributed by atoms with Gasteiger partial charge in [0, 0.05) is 26.6 Å². The number of nitrogens with one attached hydrogen (secondary N) is 2. The van der Waals surface area contributed by atoms with Gasteiger partial charge in [-0.2, -0.15) is 0 Å². The third kappa shape index (κ3) is 5.05. The van der Waals surface area contributed by atoms with Crippen molar-refractivity contribution >= 4 is 6.03 Å². The van der Waals surface area contributed by atoms with Crippen LogP contribution in [0.1, 0.15) is 40.0 Å². The van der Waals surface area contributed by atoms with Crippen molar-refractivity contribution in [2.45, 2.75) is 40.5 Å². The Morgan fingerprint density at radius 3 is 2.79 bits per heavy atom. The van der Waals surface area contributed by atoms with E-state index in [-0.39, 0.29) is 6.03 Å². The van der Waals surface area contributed by atoms with E-state index in [9.17, 15) is 4.79 Å². The molecule has 3 unspecified atom stereocenters. The Kier molecular flexibility index (Phi) is 6.71. The van der Waals surface area contributed by atoms with Crippen LogP contribution in [-0.2, 0) is 13.5 Å². The highest BCUT2D eigenvalue weighted by molar-refractivity contribution is 5.73. The normalized spacial score (nSPS) is 21.9. The summed E-state index contributed by atoms with van der Waals surface area (Å²) in [6.45, 7) is 9.88. The van der Waals surface area contributed by atoms with Crippen molar-refractivity contribution in [1.29, 1.82) is 0 Å². The lowest BCUT2D eigenvalue weighted by molar-refractivity contribution is 0.211. The summed E-state index contributed by atoms with van der Waals surface area (Å²) in [5, 5.41) is 14.3. The van der Waals surface area contributed by atoms with Gasteiger partial charge in [-0.3, -0.25) is 0 Å². The molecule has 29 heavy (non-hydrogen) atoms. The fourth-order valence-corrected chi connectivity index (χ4v) is 4.16. The van der Waals surface area contributed by atoms with Crippen molar-refractivity contribution in [1.82, 2.24) is 30.4 Å². The first-order valence-corrected chi connectivity index (χ1v) is 10.4. The van der Waals surface area contributed by atoms with Gasteiger partial charge in [0.15, 0.2) is 0 Å². The van der Waals surface area contributed by atoms with E-state index in [4.69, 9.17) is 4.42 Å². The van der Waals surface area contributed by atoms with E-state index in [0.29, 0.717) is 48.5 Å². The van der Waals surface area contributed by atoms with Gasteiger partial charge in [0.25, 0.3) is 5.89 Å². The number of nitrogens with zero attached hydrogens (tertiary/aromatic N) is 4. The molecule has 1 aliphatic rings. The van der Waals surface area contributed by atoms with E-state index in [2.05, 4.69) is 52.7 Å². The first-order valence-electron chi connectivity index (χ1n) is 10.4. The minimum atomic E-state index is -0.100. The standard InChI is InChI=1S/C21H32N6O2/c1-6-23-21(28)24-10-16-7-14(4)15(8-17(16)13(2)3)9-19-25-26-20(29-19)18-11-22-12-27(18)5/h7,11-13,15-17H,6,8-10H2,1-5H3,(H2,23,24,28). The summed E-state index contributed by atoms with van der Waals surface area (Å²) in [6.07, 6.45) is 7.54. The molecular formula is C21H32N6O2. The topological polar surface area (TPSA) is 97.9 Å². The molecule has 2 amide bonds.